The summed E-state index contributed by atoms with van der Waals surface area (Å²) in [4.78, 5) is 10.4. The summed E-state index contributed by atoms with van der Waals surface area (Å²) in [5.41, 5.74) is -0.205. The average molecular weight is 178 g/mol. The van der Waals surface area contributed by atoms with E-state index in [-0.39, 0.29) is 11.4 Å². The average Bonchev–Trinajstić information content (AvgIpc) is 1.56. The van der Waals surface area contributed by atoms with Crippen molar-refractivity contribution in [3.63, 3.8) is 0 Å². The van der Waals surface area contributed by atoms with E-state index in [4.69, 9.17) is 11.6 Å². The van der Waals surface area contributed by atoms with Gasteiger partial charge in [0.25, 0.3) is 0 Å². The smallest absolute Gasteiger partial charge is 0.241 e. The Bertz CT molecular complexity index is 152. The Labute approximate surface area is 73.3 Å². The molecule has 0 aromatic rings. The molecular formula is C8H16ClNO. The van der Waals surface area contributed by atoms with Crippen LogP contribution in [0.1, 0.15) is 34.6 Å². The summed E-state index contributed by atoms with van der Waals surface area (Å²) in [6.07, 6.45) is 0. The Morgan fingerprint density at radius 2 is 1.55 bits per heavy atom. The van der Waals surface area contributed by atoms with E-state index in [1.807, 2.05) is 20.8 Å². The Kier molecular flexibility index (Phi) is 2.95. The summed E-state index contributed by atoms with van der Waals surface area (Å²) in [5.74, 6) is -0.133. The molecule has 66 valence electrons. The molecule has 0 aromatic carbocycles. The highest BCUT2D eigenvalue weighted by molar-refractivity contribution is 6.34. The van der Waals surface area contributed by atoms with Crippen LogP contribution in [0.3, 0.4) is 0 Å². The zero-order valence-corrected chi connectivity index (χ0v) is 8.54. The van der Waals surface area contributed by atoms with Crippen molar-refractivity contribution in [2.75, 3.05) is 0 Å². The molecule has 0 atom stereocenters. The molecule has 0 saturated carbocycles. The van der Waals surface area contributed by atoms with Gasteiger partial charge in [0, 0.05) is 5.54 Å². The molecule has 0 spiro atoms. The van der Waals surface area contributed by atoms with Gasteiger partial charge >= 0.3 is 0 Å². The van der Waals surface area contributed by atoms with Gasteiger partial charge in [0.1, 0.15) is 4.87 Å². The molecule has 2 nitrogen and oxygen atoms in total. The lowest BCUT2D eigenvalue weighted by molar-refractivity contribution is -0.124. The molecule has 3 heteroatoms. The molecule has 11 heavy (non-hydrogen) atoms. The molecule has 0 rings (SSSR count). The second-order valence-corrected chi connectivity index (χ2v) is 5.12. The number of rotatable bonds is 1. The van der Waals surface area contributed by atoms with Crippen molar-refractivity contribution in [2.45, 2.75) is 45.0 Å². The molecule has 0 aliphatic heterocycles. The molecule has 0 aliphatic carbocycles. The molecule has 0 saturated heterocycles. The number of halogens is 1. The van der Waals surface area contributed by atoms with Crippen molar-refractivity contribution in [2.24, 2.45) is 0 Å². The van der Waals surface area contributed by atoms with Crippen LogP contribution in [0.15, 0.2) is 0 Å². The third-order valence-corrected chi connectivity index (χ3v) is 1.20. The van der Waals surface area contributed by atoms with Crippen LogP contribution >= 0.6 is 11.6 Å². The molecule has 0 radical (unpaired) electrons. The van der Waals surface area contributed by atoms with Crippen molar-refractivity contribution in [3.05, 3.63) is 0 Å². The van der Waals surface area contributed by atoms with Crippen LogP contribution < -0.4 is 5.32 Å². The zero-order valence-electron chi connectivity index (χ0n) is 7.79. The second-order valence-electron chi connectivity index (χ2n) is 4.18. The fraction of sp³-hybridized carbons (Fsp3) is 0.875. The molecule has 0 aromatic heterocycles. The van der Waals surface area contributed by atoms with Crippen LogP contribution in [0.4, 0.5) is 0 Å². The maximum atomic E-state index is 11.2. The summed E-state index contributed by atoms with van der Waals surface area (Å²) >= 11 is 5.78. The first kappa shape index (κ1) is 10.8. The number of alkyl halides is 1. The quantitative estimate of drug-likeness (QED) is 0.610. The van der Waals surface area contributed by atoms with Gasteiger partial charge in [-0.25, -0.2) is 0 Å². The molecular weight excluding hydrogens is 162 g/mol. The third-order valence-electron chi connectivity index (χ3n) is 1.03. The zero-order chi connectivity index (χ0) is 9.28. The third kappa shape index (κ3) is 5.08. The highest BCUT2D eigenvalue weighted by atomic mass is 35.5. The van der Waals surface area contributed by atoms with Crippen LogP contribution in [0.2, 0.25) is 0 Å². The largest absolute Gasteiger partial charge is 0.350 e. The minimum Gasteiger partial charge on any atom is -0.350 e. The number of nitrogens with one attached hydrogen (secondary N) is 1. The Morgan fingerprint density at radius 3 is 1.64 bits per heavy atom. The van der Waals surface area contributed by atoms with Crippen LogP contribution in [0.25, 0.3) is 0 Å². The van der Waals surface area contributed by atoms with Crippen molar-refractivity contribution >= 4 is 17.5 Å². The van der Waals surface area contributed by atoms with Crippen LogP contribution in [0.5, 0.6) is 0 Å². The highest BCUT2D eigenvalue weighted by Gasteiger charge is 2.27. The SMILES string of the molecule is CC(C)(C)NC(=O)C(C)(C)Cl. The Morgan fingerprint density at radius 1 is 1.18 bits per heavy atom. The van der Waals surface area contributed by atoms with Gasteiger partial charge in [-0.05, 0) is 34.6 Å². The van der Waals surface area contributed by atoms with Gasteiger partial charge in [-0.3, -0.25) is 4.79 Å². The molecule has 0 fully saturated rings. The lowest BCUT2D eigenvalue weighted by Gasteiger charge is -2.25. The Hall–Kier alpha value is -0.240. The van der Waals surface area contributed by atoms with E-state index in [0.29, 0.717) is 0 Å². The number of carbonyl (C=O) groups is 1. The van der Waals surface area contributed by atoms with Gasteiger partial charge < -0.3 is 5.32 Å². The van der Waals surface area contributed by atoms with Crippen molar-refractivity contribution < 1.29 is 4.79 Å². The monoisotopic (exact) mass is 177 g/mol. The van der Waals surface area contributed by atoms with Gasteiger partial charge in [0.2, 0.25) is 5.91 Å². The first-order valence-corrected chi connectivity index (χ1v) is 4.02. The molecule has 0 bridgehead atoms. The normalized spacial score (nSPS) is 12.9. The number of amides is 1. The van der Waals surface area contributed by atoms with Gasteiger partial charge in [-0.15, -0.1) is 11.6 Å². The fourth-order valence-electron chi connectivity index (χ4n) is 0.489. The van der Waals surface area contributed by atoms with E-state index >= 15 is 0 Å². The maximum Gasteiger partial charge on any atom is 0.241 e. The van der Waals surface area contributed by atoms with Crippen LogP contribution in [0, 0.1) is 0 Å². The second kappa shape index (κ2) is 3.02. The van der Waals surface area contributed by atoms with E-state index in [1.54, 1.807) is 13.8 Å². The molecule has 1 amide bonds. The minimum atomic E-state index is -0.812. The number of hydrogen-bond donors (Lipinski definition) is 1. The molecule has 0 heterocycles. The van der Waals surface area contributed by atoms with E-state index in [2.05, 4.69) is 5.32 Å². The summed E-state index contributed by atoms with van der Waals surface area (Å²) in [7, 11) is 0. The van der Waals surface area contributed by atoms with Gasteiger partial charge in [0.15, 0.2) is 0 Å². The van der Waals surface area contributed by atoms with Crippen molar-refractivity contribution in [1.29, 1.82) is 0 Å². The topological polar surface area (TPSA) is 29.1 Å². The lowest BCUT2D eigenvalue weighted by Crippen LogP contribution is -2.47. The van der Waals surface area contributed by atoms with Gasteiger partial charge in [0.05, 0.1) is 0 Å². The summed E-state index contributed by atoms with van der Waals surface area (Å²) < 4.78 is 0. The molecule has 0 unspecified atom stereocenters. The first-order chi connectivity index (χ1) is 4.63. The van der Waals surface area contributed by atoms with E-state index < -0.39 is 4.87 Å². The van der Waals surface area contributed by atoms with Crippen LogP contribution in [-0.2, 0) is 4.79 Å². The molecule has 0 aliphatic rings. The highest BCUT2D eigenvalue weighted by Crippen LogP contribution is 2.14. The van der Waals surface area contributed by atoms with Crippen LogP contribution in [-0.4, -0.2) is 16.3 Å². The van der Waals surface area contributed by atoms with Gasteiger partial charge in [-0.1, -0.05) is 0 Å². The van der Waals surface area contributed by atoms with E-state index in [0.717, 1.165) is 0 Å². The predicted molar refractivity (Wildman–Crippen MR) is 47.8 cm³/mol. The number of carbonyl (C=O) groups excluding carboxylic acids is 1. The minimum absolute atomic E-state index is 0.133. The fourth-order valence-corrected chi connectivity index (χ4v) is 0.536. The van der Waals surface area contributed by atoms with Crippen molar-refractivity contribution in [3.8, 4) is 0 Å². The predicted octanol–water partition coefficient (Wildman–Crippen LogP) is 1.92. The lowest BCUT2D eigenvalue weighted by atomic mass is 10.1. The number of hydrogen-bond acceptors (Lipinski definition) is 1. The summed E-state index contributed by atoms with van der Waals surface area (Å²) in [6, 6.07) is 0. The standard InChI is InChI=1S/C8H16ClNO/c1-7(2,3)10-6(11)8(4,5)9/h1-5H3,(H,10,11). The summed E-state index contributed by atoms with van der Waals surface area (Å²) in [6.45, 7) is 9.12. The summed E-state index contributed by atoms with van der Waals surface area (Å²) in [5, 5.41) is 2.79. The van der Waals surface area contributed by atoms with Gasteiger partial charge in [-0.2, -0.15) is 0 Å². The molecule has 1 N–H and O–H groups in total. The van der Waals surface area contributed by atoms with E-state index in [1.165, 1.54) is 0 Å². The maximum absolute atomic E-state index is 11.2. The first-order valence-electron chi connectivity index (χ1n) is 3.64. The van der Waals surface area contributed by atoms with E-state index in [9.17, 15) is 4.79 Å². The van der Waals surface area contributed by atoms with Crippen molar-refractivity contribution in [1.82, 2.24) is 5.32 Å². The Balaban J connectivity index is 4.11.